The van der Waals surface area contributed by atoms with Gasteiger partial charge in [-0.3, -0.25) is 4.90 Å². The van der Waals surface area contributed by atoms with Crippen molar-refractivity contribution in [1.82, 2.24) is 4.90 Å². The lowest BCUT2D eigenvalue weighted by Gasteiger charge is -2.35. The summed E-state index contributed by atoms with van der Waals surface area (Å²) in [7, 11) is 0. The molecule has 1 aliphatic rings. The summed E-state index contributed by atoms with van der Waals surface area (Å²) in [6.45, 7) is 0.0479. The monoisotopic (exact) mass is 196 g/mol. The lowest BCUT2D eigenvalue weighted by molar-refractivity contribution is -0.152. The Kier molecular flexibility index (Phi) is 3.55. The first kappa shape index (κ1) is 10.8. The van der Waals surface area contributed by atoms with Gasteiger partial charge in [0, 0.05) is 12.6 Å². The Balaban J connectivity index is 2.45. The first-order valence-corrected chi connectivity index (χ1v) is 4.54. The number of likely N-dealkylation sites (tertiary alicyclic amines) is 1. The second kappa shape index (κ2) is 4.28. The van der Waals surface area contributed by atoms with Crippen LogP contribution >= 0.6 is 0 Å². The number of nitrogens with zero attached hydrogens (tertiary/aromatic N) is 1. The van der Waals surface area contributed by atoms with Gasteiger partial charge < -0.3 is 5.73 Å². The average molecular weight is 196 g/mol. The minimum Gasteiger partial charge on any atom is -0.329 e. The summed E-state index contributed by atoms with van der Waals surface area (Å²) in [6, 6.07) is -0.0737. The minimum absolute atomic E-state index is 0.0737. The first-order chi connectivity index (χ1) is 6.03. The molecule has 0 aromatic heterocycles. The van der Waals surface area contributed by atoms with Crippen LogP contribution in [0.2, 0.25) is 0 Å². The van der Waals surface area contributed by atoms with E-state index in [-0.39, 0.29) is 6.04 Å². The molecule has 0 spiro atoms. The molecule has 5 heteroatoms. The molecule has 1 unspecified atom stereocenters. The van der Waals surface area contributed by atoms with Crippen molar-refractivity contribution in [3.63, 3.8) is 0 Å². The van der Waals surface area contributed by atoms with Gasteiger partial charge in [-0.15, -0.1) is 0 Å². The molecule has 1 heterocycles. The van der Waals surface area contributed by atoms with E-state index in [0.29, 0.717) is 13.1 Å². The van der Waals surface area contributed by atoms with Gasteiger partial charge in [0.1, 0.15) is 0 Å². The standard InChI is InChI=1S/C8H15F3N2/c9-8(10,11)6-13-4-2-1-3-7(13)5-12/h7H,1-6,12H2. The maximum Gasteiger partial charge on any atom is 0.401 e. The highest BCUT2D eigenvalue weighted by Crippen LogP contribution is 2.22. The van der Waals surface area contributed by atoms with E-state index in [1.54, 1.807) is 0 Å². The van der Waals surface area contributed by atoms with Gasteiger partial charge in [-0.05, 0) is 19.4 Å². The molecular weight excluding hydrogens is 181 g/mol. The predicted octanol–water partition coefficient (Wildman–Crippen LogP) is 1.36. The molecular formula is C8H15F3N2. The zero-order valence-electron chi connectivity index (χ0n) is 7.48. The van der Waals surface area contributed by atoms with Crippen LogP contribution in [0.25, 0.3) is 0 Å². The number of hydrogen-bond donors (Lipinski definition) is 1. The zero-order chi connectivity index (χ0) is 9.90. The Morgan fingerprint density at radius 3 is 2.54 bits per heavy atom. The molecule has 0 aliphatic carbocycles. The Morgan fingerprint density at radius 1 is 1.31 bits per heavy atom. The summed E-state index contributed by atoms with van der Waals surface area (Å²) >= 11 is 0. The van der Waals surface area contributed by atoms with Crippen molar-refractivity contribution in [2.75, 3.05) is 19.6 Å². The molecule has 0 aromatic carbocycles. The van der Waals surface area contributed by atoms with Crippen molar-refractivity contribution < 1.29 is 13.2 Å². The van der Waals surface area contributed by atoms with E-state index in [1.165, 1.54) is 4.90 Å². The second-order valence-electron chi connectivity index (χ2n) is 3.47. The zero-order valence-corrected chi connectivity index (χ0v) is 7.48. The highest BCUT2D eigenvalue weighted by Gasteiger charge is 2.34. The third-order valence-corrected chi connectivity index (χ3v) is 2.40. The van der Waals surface area contributed by atoms with Crippen molar-refractivity contribution in [2.24, 2.45) is 5.73 Å². The Labute approximate surface area is 75.9 Å². The largest absolute Gasteiger partial charge is 0.401 e. The molecule has 0 aromatic rings. The summed E-state index contributed by atoms with van der Waals surface area (Å²) in [6.07, 6.45) is -1.44. The van der Waals surface area contributed by atoms with E-state index < -0.39 is 12.7 Å². The smallest absolute Gasteiger partial charge is 0.329 e. The summed E-state index contributed by atoms with van der Waals surface area (Å²) < 4.78 is 36.2. The maximum absolute atomic E-state index is 12.1. The molecule has 1 rings (SSSR count). The molecule has 1 aliphatic heterocycles. The van der Waals surface area contributed by atoms with Gasteiger partial charge in [0.25, 0.3) is 0 Å². The SMILES string of the molecule is NCC1CCCCN1CC(F)(F)F. The number of piperidine rings is 1. The number of hydrogen-bond acceptors (Lipinski definition) is 2. The lowest BCUT2D eigenvalue weighted by atomic mass is 10.0. The lowest BCUT2D eigenvalue weighted by Crippen LogP contribution is -2.48. The van der Waals surface area contributed by atoms with Gasteiger partial charge >= 0.3 is 6.18 Å². The highest BCUT2D eigenvalue weighted by molar-refractivity contribution is 4.79. The fourth-order valence-electron chi connectivity index (χ4n) is 1.77. The van der Waals surface area contributed by atoms with Crippen LogP contribution in [0, 0.1) is 0 Å². The van der Waals surface area contributed by atoms with Crippen LogP contribution in [0.15, 0.2) is 0 Å². The van der Waals surface area contributed by atoms with Gasteiger partial charge in [0.05, 0.1) is 6.54 Å². The highest BCUT2D eigenvalue weighted by atomic mass is 19.4. The molecule has 1 saturated heterocycles. The topological polar surface area (TPSA) is 29.3 Å². The van der Waals surface area contributed by atoms with E-state index in [1.807, 2.05) is 0 Å². The fraction of sp³-hybridized carbons (Fsp3) is 1.00. The van der Waals surface area contributed by atoms with Crippen LogP contribution in [0.5, 0.6) is 0 Å². The predicted molar refractivity (Wildman–Crippen MR) is 44.3 cm³/mol. The fourth-order valence-corrected chi connectivity index (χ4v) is 1.77. The van der Waals surface area contributed by atoms with Crippen molar-refractivity contribution in [3.8, 4) is 0 Å². The molecule has 1 fully saturated rings. The molecule has 0 amide bonds. The number of rotatable bonds is 2. The van der Waals surface area contributed by atoms with Crippen molar-refractivity contribution >= 4 is 0 Å². The molecule has 0 saturated carbocycles. The normalized spacial score (nSPS) is 26.3. The van der Waals surface area contributed by atoms with E-state index in [2.05, 4.69) is 0 Å². The molecule has 2 N–H and O–H groups in total. The van der Waals surface area contributed by atoms with Crippen LogP contribution in [0.1, 0.15) is 19.3 Å². The minimum atomic E-state index is -4.09. The summed E-state index contributed by atoms with van der Waals surface area (Å²) in [5.74, 6) is 0. The van der Waals surface area contributed by atoms with Crippen LogP contribution in [-0.4, -0.2) is 36.8 Å². The summed E-state index contributed by atoms with van der Waals surface area (Å²) in [5.41, 5.74) is 5.40. The van der Waals surface area contributed by atoms with Gasteiger partial charge in [-0.25, -0.2) is 0 Å². The maximum atomic E-state index is 12.1. The number of alkyl halides is 3. The van der Waals surface area contributed by atoms with Crippen LogP contribution < -0.4 is 5.73 Å². The van der Waals surface area contributed by atoms with E-state index in [0.717, 1.165) is 19.3 Å². The third-order valence-electron chi connectivity index (χ3n) is 2.40. The third kappa shape index (κ3) is 3.52. The van der Waals surface area contributed by atoms with Gasteiger partial charge in [0.15, 0.2) is 0 Å². The van der Waals surface area contributed by atoms with E-state index in [4.69, 9.17) is 5.73 Å². The molecule has 0 radical (unpaired) electrons. The molecule has 0 bridgehead atoms. The van der Waals surface area contributed by atoms with E-state index >= 15 is 0 Å². The first-order valence-electron chi connectivity index (χ1n) is 4.54. The van der Waals surface area contributed by atoms with Gasteiger partial charge in [0.2, 0.25) is 0 Å². The van der Waals surface area contributed by atoms with Crippen LogP contribution in [0.3, 0.4) is 0 Å². The summed E-state index contributed by atoms with van der Waals surface area (Å²) in [4.78, 5) is 1.45. The van der Waals surface area contributed by atoms with Crippen molar-refractivity contribution in [1.29, 1.82) is 0 Å². The molecule has 2 nitrogen and oxygen atoms in total. The molecule has 13 heavy (non-hydrogen) atoms. The van der Waals surface area contributed by atoms with Crippen molar-refractivity contribution in [3.05, 3.63) is 0 Å². The Bertz CT molecular complexity index is 158. The van der Waals surface area contributed by atoms with Crippen LogP contribution in [0.4, 0.5) is 13.2 Å². The Morgan fingerprint density at radius 2 is 2.00 bits per heavy atom. The number of halogens is 3. The van der Waals surface area contributed by atoms with Gasteiger partial charge in [-0.1, -0.05) is 6.42 Å². The number of nitrogens with two attached hydrogens (primary N) is 1. The molecule has 1 atom stereocenters. The molecule has 78 valence electrons. The average Bonchev–Trinajstić information content (AvgIpc) is 2.02. The summed E-state index contributed by atoms with van der Waals surface area (Å²) in [5, 5.41) is 0. The van der Waals surface area contributed by atoms with Crippen molar-refractivity contribution in [2.45, 2.75) is 31.5 Å². The van der Waals surface area contributed by atoms with E-state index in [9.17, 15) is 13.2 Å². The second-order valence-corrected chi connectivity index (χ2v) is 3.47. The Hall–Kier alpha value is -0.290. The van der Waals surface area contributed by atoms with Crippen LogP contribution in [-0.2, 0) is 0 Å². The quantitative estimate of drug-likeness (QED) is 0.722. The van der Waals surface area contributed by atoms with Gasteiger partial charge in [-0.2, -0.15) is 13.2 Å².